The van der Waals surface area contributed by atoms with Gasteiger partial charge in [0.2, 0.25) is 5.78 Å². The van der Waals surface area contributed by atoms with Crippen molar-refractivity contribution in [2.75, 3.05) is 5.32 Å². The number of allylic oxidation sites excluding steroid dienone is 1. The number of nitrogens with one attached hydrogen (secondary N) is 2. The van der Waals surface area contributed by atoms with E-state index in [9.17, 15) is 14.4 Å². The quantitative estimate of drug-likeness (QED) is 0.681. The molecule has 0 unspecified atom stereocenters. The van der Waals surface area contributed by atoms with E-state index in [1.807, 2.05) is 11.4 Å². The summed E-state index contributed by atoms with van der Waals surface area (Å²) < 4.78 is 0. The summed E-state index contributed by atoms with van der Waals surface area (Å²) in [5.41, 5.74) is 2.40. The lowest BCUT2D eigenvalue weighted by Crippen LogP contribution is -2.34. The van der Waals surface area contributed by atoms with Gasteiger partial charge in [0.15, 0.2) is 0 Å². The number of thiophene rings is 1. The minimum absolute atomic E-state index is 0.164. The van der Waals surface area contributed by atoms with E-state index < -0.39 is 0 Å². The molecular formula is C21H14N2O3S. The van der Waals surface area contributed by atoms with Gasteiger partial charge in [-0.25, -0.2) is 0 Å². The molecule has 0 atom stereocenters. The molecule has 0 saturated carbocycles. The van der Waals surface area contributed by atoms with Crippen molar-refractivity contribution in [1.29, 1.82) is 0 Å². The van der Waals surface area contributed by atoms with Crippen LogP contribution in [0.2, 0.25) is 0 Å². The number of anilines is 1. The van der Waals surface area contributed by atoms with Crippen molar-refractivity contribution >= 4 is 40.7 Å². The second-order valence-electron chi connectivity index (χ2n) is 5.94. The molecule has 27 heavy (non-hydrogen) atoms. The van der Waals surface area contributed by atoms with E-state index in [0.717, 1.165) is 5.56 Å². The lowest BCUT2D eigenvalue weighted by atomic mass is 9.96. The Balaban J connectivity index is 1.54. The molecule has 2 heterocycles. The van der Waals surface area contributed by atoms with Crippen LogP contribution >= 0.6 is 11.3 Å². The normalized spacial score (nSPS) is 14.6. The fourth-order valence-electron chi connectivity index (χ4n) is 2.80. The summed E-state index contributed by atoms with van der Waals surface area (Å²) in [6, 6.07) is 17.4. The predicted octanol–water partition coefficient (Wildman–Crippen LogP) is 3.97. The van der Waals surface area contributed by atoms with Gasteiger partial charge < -0.3 is 10.6 Å². The Morgan fingerprint density at radius 2 is 1.67 bits per heavy atom. The number of carbonyl (C=O) groups is 3. The summed E-state index contributed by atoms with van der Waals surface area (Å²) in [4.78, 5) is 37.4. The maximum Gasteiger partial charge on any atom is 0.265 e. The van der Waals surface area contributed by atoms with Crippen molar-refractivity contribution in [3.05, 3.63) is 93.3 Å². The largest absolute Gasteiger partial charge is 0.321 e. The second-order valence-corrected chi connectivity index (χ2v) is 6.89. The minimum Gasteiger partial charge on any atom is -0.321 e. The molecule has 0 spiro atoms. The van der Waals surface area contributed by atoms with Gasteiger partial charge in [0.05, 0.1) is 16.1 Å². The van der Waals surface area contributed by atoms with Gasteiger partial charge in [-0.2, -0.15) is 0 Å². The van der Waals surface area contributed by atoms with E-state index in [1.54, 1.807) is 60.7 Å². The first-order valence-electron chi connectivity index (χ1n) is 8.23. The van der Waals surface area contributed by atoms with Gasteiger partial charge in [0.25, 0.3) is 11.8 Å². The van der Waals surface area contributed by atoms with Crippen LogP contribution in [-0.4, -0.2) is 17.6 Å². The maximum atomic E-state index is 12.6. The van der Waals surface area contributed by atoms with Crippen molar-refractivity contribution in [1.82, 2.24) is 5.32 Å². The van der Waals surface area contributed by atoms with E-state index in [1.165, 1.54) is 11.3 Å². The molecule has 1 aromatic heterocycles. The van der Waals surface area contributed by atoms with Crippen molar-refractivity contribution in [3.63, 3.8) is 0 Å². The average Bonchev–Trinajstić information content (AvgIpc) is 3.22. The Hall–Kier alpha value is -3.51. The lowest BCUT2D eigenvalue weighted by molar-refractivity contribution is 0.0910. The summed E-state index contributed by atoms with van der Waals surface area (Å²) in [6.45, 7) is 0. The smallest absolute Gasteiger partial charge is 0.265 e. The maximum absolute atomic E-state index is 12.6. The van der Waals surface area contributed by atoms with Gasteiger partial charge in [-0.3, -0.25) is 14.4 Å². The predicted molar refractivity (Wildman–Crippen MR) is 105 cm³/mol. The third-order valence-electron chi connectivity index (χ3n) is 4.13. The first-order valence-corrected chi connectivity index (χ1v) is 9.11. The Bertz CT molecular complexity index is 1070. The third kappa shape index (κ3) is 3.43. The van der Waals surface area contributed by atoms with E-state index in [2.05, 4.69) is 10.6 Å². The second kappa shape index (κ2) is 7.01. The number of carbonyl (C=O) groups excluding carboxylic acids is 3. The molecule has 5 nitrogen and oxygen atoms in total. The highest BCUT2D eigenvalue weighted by atomic mass is 32.1. The topological polar surface area (TPSA) is 75.3 Å². The van der Waals surface area contributed by atoms with Crippen LogP contribution < -0.4 is 10.6 Å². The Morgan fingerprint density at radius 3 is 2.37 bits per heavy atom. The van der Waals surface area contributed by atoms with E-state index in [0.29, 0.717) is 21.7 Å². The van der Waals surface area contributed by atoms with Crippen molar-refractivity contribution in [2.45, 2.75) is 0 Å². The first kappa shape index (κ1) is 16.9. The number of amides is 2. The molecule has 2 aromatic carbocycles. The molecule has 132 valence electrons. The summed E-state index contributed by atoms with van der Waals surface area (Å²) in [6.07, 6.45) is 1.63. The van der Waals surface area contributed by atoms with Gasteiger partial charge >= 0.3 is 0 Å². The number of rotatable bonds is 3. The van der Waals surface area contributed by atoms with Gasteiger partial charge in [-0.15, -0.1) is 11.3 Å². The monoisotopic (exact) mass is 374 g/mol. The van der Waals surface area contributed by atoms with Crippen LogP contribution in [0, 0.1) is 0 Å². The number of benzene rings is 2. The van der Waals surface area contributed by atoms with Crippen LogP contribution in [0.3, 0.4) is 0 Å². The summed E-state index contributed by atoms with van der Waals surface area (Å²) >= 11 is 1.37. The molecule has 2 amide bonds. The van der Waals surface area contributed by atoms with Gasteiger partial charge in [-0.05, 0) is 41.3 Å². The van der Waals surface area contributed by atoms with Crippen molar-refractivity contribution < 1.29 is 14.4 Å². The molecule has 3 aromatic rings. The van der Waals surface area contributed by atoms with Crippen molar-refractivity contribution in [2.24, 2.45) is 0 Å². The highest BCUT2D eigenvalue weighted by Crippen LogP contribution is 2.21. The molecule has 4 rings (SSSR count). The Kier molecular flexibility index (Phi) is 4.40. The van der Waals surface area contributed by atoms with Crippen LogP contribution in [0.5, 0.6) is 0 Å². The van der Waals surface area contributed by atoms with Gasteiger partial charge in [-0.1, -0.05) is 36.4 Å². The highest BCUT2D eigenvalue weighted by molar-refractivity contribution is 7.12. The number of Topliss-reactive ketones (excluding diaryl/α,β-unsaturated/α-hetero) is 1. The molecule has 0 aliphatic carbocycles. The standard InChI is InChI=1S/C21H14N2O3S/c24-19-15-4-1-2-5-16(15)20(25)23-17(19)12-13-7-9-14(10-8-13)22-21(26)18-6-3-11-27-18/h1-12H,(H,22,26)(H,23,25)/b17-12-. The summed E-state index contributed by atoms with van der Waals surface area (Å²) in [5.74, 6) is -0.681. The van der Waals surface area contributed by atoms with E-state index in [-0.39, 0.29) is 23.3 Å². The van der Waals surface area contributed by atoms with Crippen LogP contribution in [0.25, 0.3) is 6.08 Å². The highest BCUT2D eigenvalue weighted by Gasteiger charge is 2.26. The van der Waals surface area contributed by atoms with Crippen LogP contribution in [0.1, 0.15) is 36.0 Å². The fourth-order valence-corrected chi connectivity index (χ4v) is 3.42. The zero-order valence-electron chi connectivity index (χ0n) is 14.1. The summed E-state index contributed by atoms with van der Waals surface area (Å²) in [7, 11) is 0. The molecule has 1 aliphatic rings. The zero-order chi connectivity index (χ0) is 18.8. The van der Waals surface area contributed by atoms with E-state index in [4.69, 9.17) is 0 Å². The van der Waals surface area contributed by atoms with Crippen LogP contribution in [0.15, 0.2) is 71.7 Å². The first-order chi connectivity index (χ1) is 13.1. The Morgan fingerprint density at radius 1 is 0.926 bits per heavy atom. The molecule has 1 aliphatic heterocycles. The lowest BCUT2D eigenvalue weighted by Gasteiger charge is -2.17. The molecule has 6 heteroatoms. The molecular weight excluding hydrogens is 360 g/mol. The average molecular weight is 374 g/mol. The summed E-state index contributed by atoms with van der Waals surface area (Å²) in [5, 5.41) is 7.30. The SMILES string of the molecule is O=C(Nc1ccc(/C=C2\NC(=O)c3ccccc3C2=O)cc1)c1cccs1. The molecule has 0 fully saturated rings. The number of hydrogen-bond donors (Lipinski definition) is 2. The molecule has 0 radical (unpaired) electrons. The number of ketones is 1. The van der Waals surface area contributed by atoms with Crippen molar-refractivity contribution in [3.8, 4) is 0 Å². The van der Waals surface area contributed by atoms with Crippen LogP contribution in [0.4, 0.5) is 5.69 Å². The Labute approximate surface area is 159 Å². The molecule has 0 saturated heterocycles. The molecule has 2 N–H and O–H groups in total. The number of hydrogen-bond acceptors (Lipinski definition) is 4. The number of fused-ring (bicyclic) bond motifs is 1. The molecule has 0 bridgehead atoms. The third-order valence-corrected chi connectivity index (χ3v) is 5.00. The minimum atomic E-state index is -0.295. The fraction of sp³-hybridized carbons (Fsp3) is 0. The van der Waals surface area contributed by atoms with Gasteiger partial charge in [0, 0.05) is 11.3 Å². The van der Waals surface area contributed by atoms with E-state index >= 15 is 0 Å². The van der Waals surface area contributed by atoms with Crippen LogP contribution in [-0.2, 0) is 0 Å². The zero-order valence-corrected chi connectivity index (χ0v) is 14.9. The van der Waals surface area contributed by atoms with Gasteiger partial charge in [0.1, 0.15) is 0 Å².